The predicted molar refractivity (Wildman–Crippen MR) is 80.8 cm³/mol. The van der Waals surface area contributed by atoms with Gasteiger partial charge in [-0.25, -0.2) is 21.8 Å². The topological polar surface area (TPSA) is 97.5 Å². The molecule has 120 valence electrons. The zero-order chi connectivity index (χ0) is 16.1. The average Bonchev–Trinajstić information content (AvgIpc) is 2.98. The minimum atomic E-state index is -3.77. The highest BCUT2D eigenvalue weighted by atomic mass is 32.2. The molecule has 2 heterocycles. The Hall–Kier alpha value is -1.45. The van der Waals surface area contributed by atoms with Gasteiger partial charge in [-0.3, -0.25) is 0 Å². The van der Waals surface area contributed by atoms with Crippen molar-refractivity contribution in [2.24, 2.45) is 0 Å². The highest BCUT2D eigenvalue weighted by molar-refractivity contribution is 7.92. The number of fused-ring (bicyclic) bond motifs is 1. The molecule has 1 aromatic heterocycles. The van der Waals surface area contributed by atoms with Gasteiger partial charge in [0, 0.05) is 20.0 Å². The summed E-state index contributed by atoms with van der Waals surface area (Å²) in [5.41, 5.74) is 0.980. The first kappa shape index (κ1) is 15.4. The van der Waals surface area contributed by atoms with Gasteiger partial charge in [-0.05, 0) is 24.6 Å². The van der Waals surface area contributed by atoms with E-state index in [1.807, 2.05) is 0 Å². The van der Waals surface area contributed by atoms with E-state index in [0.29, 0.717) is 23.4 Å². The summed E-state index contributed by atoms with van der Waals surface area (Å²) < 4.78 is 54.9. The minimum Gasteiger partial charge on any atom is -0.441 e. The van der Waals surface area contributed by atoms with Crippen LogP contribution in [0.5, 0.6) is 0 Å². The molecule has 1 saturated heterocycles. The molecule has 0 amide bonds. The van der Waals surface area contributed by atoms with E-state index in [1.54, 1.807) is 13.0 Å². The summed E-state index contributed by atoms with van der Waals surface area (Å²) in [5.74, 6) is 0.354. The molecule has 0 N–H and O–H groups in total. The Kier molecular flexibility index (Phi) is 3.54. The molecular formula is C13H16N2O5S2. The summed E-state index contributed by atoms with van der Waals surface area (Å²) in [6.45, 7) is 1.68. The van der Waals surface area contributed by atoms with Crippen LogP contribution in [0, 0.1) is 6.92 Å². The minimum absolute atomic E-state index is 0.0268. The van der Waals surface area contributed by atoms with Gasteiger partial charge in [0.2, 0.25) is 10.0 Å². The highest BCUT2D eigenvalue weighted by Gasteiger charge is 2.36. The Morgan fingerprint density at radius 1 is 1.36 bits per heavy atom. The Morgan fingerprint density at radius 2 is 2.09 bits per heavy atom. The van der Waals surface area contributed by atoms with E-state index in [0.717, 1.165) is 4.31 Å². The molecule has 1 unspecified atom stereocenters. The van der Waals surface area contributed by atoms with E-state index < -0.39 is 25.9 Å². The van der Waals surface area contributed by atoms with Crippen LogP contribution in [-0.2, 0) is 19.9 Å². The normalized spacial score (nSPS) is 21.7. The quantitative estimate of drug-likeness (QED) is 0.822. The molecule has 0 aliphatic carbocycles. The number of sulfonamides is 1. The molecule has 1 fully saturated rings. The first-order chi connectivity index (χ1) is 10.2. The first-order valence-electron chi connectivity index (χ1n) is 6.75. The predicted octanol–water partition coefficient (Wildman–Crippen LogP) is 0.944. The van der Waals surface area contributed by atoms with Gasteiger partial charge in [0.15, 0.2) is 21.3 Å². The van der Waals surface area contributed by atoms with Crippen LogP contribution in [0.1, 0.15) is 12.3 Å². The second kappa shape index (κ2) is 5.04. The molecule has 2 aromatic rings. The average molecular weight is 344 g/mol. The summed E-state index contributed by atoms with van der Waals surface area (Å²) in [5, 5.41) is 0. The lowest BCUT2D eigenvalue weighted by Crippen LogP contribution is -2.37. The molecule has 9 heteroatoms. The van der Waals surface area contributed by atoms with Crippen LogP contribution in [0.2, 0.25) is 0 Å². The lowest BCUT2D eigenvalue weighted by molar-refractivity contribution is 0.394. The number of benzene rings is 1. The number of nitrogens with zero attached hydrogens (tertiary/aromatic N) is 2. The summed E-state index contributed by atoms with van der Waals surface area (Å²) in [7, 11) is -5.50. The molecular weight excluding hydrogens is 328 g/mol. The van der Waals surface area contributed by atoms with Crippen molar-refractivity contribution in [3.05, 3.63) is 24.1 Å². The van der Waals surface area contributed by atoms with Gasteiger partial charge in [0.25, 0.3) is 0 Å². The highest BCUT2D eigenvalue weighted by Crippen LogP contribution is 2.26. The van der Waals surface area contributed by atoms with Gasteiger partial charge in [-0.1, -0.05) is 0 Å². The van der Waals surface area contributed by atoms with Gasteiger partial charge >= 0.3 is 0 Å². The van der Waals surface area contributed by atoms with Crippen molar-refractivity contribution in [3.63, 3.8) is 0 Å². The van der Waals surface area contributed by atoms with E-state index in [1.165, 1.54) is 19.2 Å². The molecule has 0 bridgehead atoms. The largest absolute Gasteiger partial charge is 0.441 e. The van der Waals surface area contributed by atoms with Crippen LogP contribution in [0.15, 0.2) is 27.5 Å². The maximum Gasteiger partial charge on any atom is 0.243 e. The second-order valence-electron chi connectivity index (χ2n) is 5.44. The molecule has 1 atom stereocenters. The van der Waals surface area contributed by atoms with Crippen molar-refractivity contribution in [1.29, 1.82) is 0 Å². The Labute approximate surface area is 128 Å². The monoisotopic (exact) mass is 344 g/mol. The molecule has 0 radical (unpaired) electrons. The van der Waals surface area contributed by atoms with Gasteiger partial charge in [0.1, 0.15) is 5.52 Å². The third-order valence-electron chi connectivity index (χ3n) is 3.87. The van der Waals surface area contributed by atoms with Gasteiger partial charge < -0.3 is 4.42 Å². The van der Waals surface area contributed by atoms with Crippen molar-refractivity contribution in [1.82, 2.24) is 9.29 Å². The number of sulfone groups is 1. The molecule has 1 aromatic carbocycles. The third kappa shape index (κ3) is 2.64. The van der Waals surface area contributed by atoms with Crippen molar-refractivity contribution in [2.45, 2.75) is 24.3 Å². The number of hydrogen-bond acceptors (Lipinski definition) is 6. The van der Waals surface area contributed by atoms with Crippen LogP contribution in [0.4, 0.5) is 0 Å². The summed E-state index contributed by atoms with van der Waals surface area (Å²) >= 11 is 0. The molecule has 22 heavy (non-hydrogen) atoms. The molecule has 3 rings (SSSR count). The van der Waals surface area contributed by atoms with Crippen LogP contribution in [0.25, 0.3) is 11.1 Å². The maximum atomic E-state index is 12.7. The Morgan fingerprint density at radius 3 is 2.73 bits per heavy atom. The van der Waals surface area contributed by atoms with Crippen molar-refractivity contribution in [3.8, 4) is 0 Å². The van der Waals surface area contributed by atoms with Crippen LogP contribution in [-0.4, -0.2) is 50.7 Å². The lowest BCUT2D eigenvalue weighted by atomic mass is 10.3. The van der Waals surface area contributed by atoms with Crippen LogP contribution < -0.4 is 0 Å². The lowest BCUT2D eigenvalue weighted by Gasteiger charge is -2.22. The summed E-state index contributed by atoms with van der Waals surface area (Å²) in [6.07, 6.45) is 0.323. The van der Waals surface area contributed by atoms with Crippen molar-refractivity contribution >= 4 is 31.0 Å². The second-order valence-corrected chi connectivity index (χ2v) is 9.67. The Bertz CT molecular complexity index is 930. The van der Waals surface area contributed by atoms with Crippen LogP contribution in [0.3, 0.4) is 0 Å². The van der Waals surface area contributed by atoms with E-state index in [-0.39, 0.29) is 16.4 Å². The standard InChI is InChI=1S/C13H16N2O5S2/c1-9-14-12-7-11(3-4-13(12)20-9)22(18,19)15(2)10-5-6-21(16,17)8-10/h3-4,7,10H,5-6,8H2,1-2H3. The van der Waals surface area contributed by atoms with E-state index in [4.69, 9.17) is 4.42 Å². The van der Waals surface area contributed by atoms with E-state index in [2.05, 4.69) is 4.98 Å². The first-order valence-corrected chi connectivity index (χ1v) is 10.0. The van der Waals surface area contributed by atoms with Crippen molar-refractivity contribution < 1.29 is 21.3 Å². The smallest absolute Gasteiger partial charge is 0.243 e. The fourth-order valence-corrected chi connectivity index (χ4v) is 5.88. The van der Waals surface area contributed by atoms with Gasteiger partial charge in [-0.2, -0.15) is 4.31 Å². The Balaban J connectivity index is 1.96. The van der Waals surface area contributed by atoms with Gasteiger partial charge in [0.05, 0.1) is 16.4 Å². The molecule has 7 nitrogen and oxygen atoms in total. The molecule has 1 aliphatic rings. The van der Waals surface area contributed by atoms with Crippen molar-refractivity contribution in [2.75, 3.05) is 18.6 Å². The van der Waals surface area contributed by atoms with E-state index in [9.17, 15) is 16.8 Å². The third-order valence-corrected chi connectivity index (χ3v) is 7.52. The number of aromatic nitrogens is 1. The maximum absolute atomic E-state index is 12.7. The number of rotatable bonds is 3. The van der Waals surface area contributed by atoms with Crippen LogP contribution >= 0.6 is 0 Å². The zero-order valence-electron chi connectivity index (χ0n) is 12.2. The molecule has 0 spiro atoms. The number of aryl methyl sites for hydroxylation is 1. The summed E-state index contributed by atoms with van der Waals surface area (Å²) in [4.78, 5) is 4.21. The molecule has 1 aliphatic heterocycles. The fourth-order valence-electron chi connectivity index (χ4n) is 2.61. The fraction of sp³-hybridized carbons (Fsp3) is 0.462. The zero-order valence-corrected chi connectivity index (χ0v) is 13.8. The molecule has 0 saturated carbocycles. The SMILES string of the molecule is Cc1nc2cc(S(=O)(=O)N(C)C3CCS(=O)(=O)C3)ccc2o1. The summed E-state index contributed by atoms with van der Waals surface area (Å²) in [6, 6.07) is 3.93. The number of hydrogen-bond donors (Lipinski definition) is 0. The van der Waals surface area contributed by atoms with Gasteiger partial charge in [-0.15, -0.1) is 0 Å². The number of oxazole rings is 1. The van der Waals surface area contributed by atoms with E-state index >= 15 is 0 Å².